The molecule has 0 radical (unpaired) electrons. The molecule has 0 amide bonds. The molecule has 0 saturated carbocycles. The summed E-state index contributed by atoms with van der Waals surface area (Å²) in [7, 11) is -2.86. The van der Waals surface area contributed by atoms with Crippen LogP contribution in [-0.2, 0) is 9.84 Å². The predicted octanol–water partition coefficient (Wildman–Crippen LogP) is 2.92. The van der Waals surface area contributed by atoms with Crippen molar-refractivity contribution in [2.75, 3.05) is 18.6 Å². The van der Waals surface area contributed by atoms with E-state index < -0.39 is 9.84 Å². The molecule has 2 aromatic rings. The minimum Gasteiger partial charge on any atom is -0.305 e. The molecule has 0 saturated heterocycles. The zero-order valence-corrected chi connectivity index (χ0v) is 13.2. The van der Waals surface area contributed by atoms with Crippen LogP contribution >= 0.6 is 22.7 Å². The van der Waals surface area contributed by atoms with E-state index in [4.69, 9.17) is 0 Å². The van der Waals surface area contributed by atoms with Crippen molar-refractivity contribution < 1.29 is 8.42 Å². The van der Waals surface area contributed by atoms with E-state index in [2.05, 4.69) is 28.2 Å². The minimum absolute atomic E-state index is 0.180. The van der Waals surface area contributed by atoms with Crippen molar-refractivity contribution in [2.24, 2.45) is 0 Å². The molecule has 1 N–H and O–H groups in total. The van der Waals surface area contributed by atoms with Crippen molar-refractivity contribution in [3.05, 3.63) is 44.8 Å². The number of hydrogen-bond donors (Lipinski definition) is 1. The second kappa shape index (κ2) is 6.65. The highest BCUT2D eigenvalue weighted by molar-refractivity contribution is 7.90. The lowest BCUT2D eigenvalue weighted by molar-refractivity contribution is 0.585. The van der Waals surface area contributed by atoms with Gasteiger partial charge in [0.2, 0.25) is 0 Å². The number of thiophene rings is 2. The maximum Gasteiger partial charge on any atom is 0.147 e. The Balaban J connectivity index is 1.96. The first kappa shape index (κ1) is 14.7. The van der Waals surface area contributed by atoms with Crippen LogP contribution in [0.15, 0.2) is 35.0 Å². The fraction of sp³-hybridized carbons (Fsp3) is 0.385. The van der Waals surface area contributed by atoms with Crippen LogP contribution in [0.3, 0.4) is 0 Å². The fourth-order valence-corrected chi connectivity index (χ4v) is 4.21. The molecular weight excluding hydrogens is 298 g/mol. The third-order valence-corrected chi connectivity index (χ3v) is 5.60. The Morgan fingerprint density at radius 3 is 2.16 bits per heavy atom. The predicted molar refractivity (Wildman–Crippen MR) is 82.8 cm³/mol. The number of hydrogen-bond acceptors (Lipinski definition) is 5. The zero-order valence-electron chi connectivity index (χ0n) is 10.7. The van der Waals surface area contributed by atoms with Gasteiger partial charge in [0, 0.05) is 16.0 Å². The third-order valence-electron chi connectivity index (χ3n) is 2.70. The summed E-state index contributed by atoms with van der Waals surface area (Å²) in [6.07, 6.45) is 1.93. The van der Waals surface area contributed by atoms with Crippen molar-refractivity contribution >= 4 is 32.5 Å². The summed E-state index contributed by atoms with van der Waals surface area (Å²) < 4.78 is 22.2. The third kappa shape index (κ3) is 4.72. The van der Waals surface area contributed by atoms with Crippen LogP contribution in [0.4, 0.5) is 0 Å². The molecule has 0 aliphatic rings. The molecule has 0 aliphatic carbocycles. The van der Waals surface area contributed by atoms with Crippen molar-refractivity contribution in [1.29, 1.82) is 0 Å². The van der Waals surface area contributed by atoms with Crippen LogP contribution in [0.2, 0.25) is 0 Å². The van der Waals surface area contributed by atoms with E-state index >= 15 is 0 Å². The largest absolute Gasteiger partial charge is 0.305 e. The smallest absolute Gasteiger partial charge is 0.147 e. The van der Waals surface area contributed by atoms with Gasteiger partial charge in [0.15, 0.2) is 0 Å². The van der Waals surface area contributed by atoms with Gasteiger partial charge in [-0.3, -0.25) is 0 Å². The second-order valence-electron chi connectivity index (χ2n) is 4.40. The molecule has 3 nitrogen and oxygen atoms in total. The molecular formula is C13H17NO2S3. The highest BCUT2D eigenvalue weighted by Crippen LogP contribution is 2.28. The van der Waals surface area contributed by atoms with E-state index in [-0.39, 0.29) is 11.8 Å². The van der Waals surface area contributed by atoms with E-state index in [1.54, 1.807) is 22.7 Å². The number of nitrogens with one attached hydrogen (secondary N) is 1. The van der Waals surface area contributed by atoms with Gasteiger partial charge in [-0.2, -0.15) is 0 Å². The molecule has 104 valence electrons. The first-order valence-corrected chi connectivity index (χ1v) is 9.86. The van der Waals surface area contributed by atoms with Crippen molar-refractivity contribution in [1.82, 2.24) is 5.32 Å². The molecule has 0 atom stereocenters. The van der Waals surface area contributed by atoms with Crippen LogP contribution in [0.1, 0.15) is 22.2 Å². The number of sulfone groups is 1. The average Bonchev–Trinajstić information content (AvgIpc) is 3.00. The van der Waals surface area contributed by atoms with E-state index in [0.717, 1.165) is 0 Å². The molecule has 0 aromatic carbocycles. The van der Waals surface area contributed by atoms with Crippen LogP contribution in [-0.4, -0.2) is 27.0 Å². The lowest BCUT2D eigenvalue weighted by Crippen LogP contribution is -2.23. The van der Waals surface area contributed by atoms with Crippen LogP contribution in [0.5, 0.6) is 0 Å². The van der Waals surface area contributed by atoms with E-state index in [0.29, 0.717) is 13.0 Å². The minimum atomic E-state index is -2.86. The quantitative estimate of drug-likeness (QED) is 0.799. The summed E-state index contributed by atoms with van der Waals surface area (Å²) in [6.45, 7) is 0.702. The highest BCUT2D eigenvalue weighted by atomic mass is 32.2. The summed E-state index contributed by atoms with van der Waals surface area (Å²) in [5.74, 6) is 0.238. The molecule has 0 spiro atoms. The maximum absolute atomic E-state index is 11.1. The first-order chi connectivity index (χ1) is 9.06. The summed E-state index contributed by atoms with van der Waals surface area (Å²) in [4.78, 5) is 2.53. The Morgan fingerprint density at radius 2 is 1.74 bits per heavy atom. The Kier molecular flexibility index (Phi) is 5.15. The van der Waals surface area contributed by atoms with Crippen molar-refractivity contribution in [3.8, 4) is 0 Å². The van der Waals surface area contributed by atoms with Gasteiger partial charge in [-0.15, -0.1) is 22.7 Å². The van der Waals surface area contributed by atoms with Crippen LogP contribution in [0, 0.1) is 0 Å². The molecule has 0 unspecified atom stereocenters. The summed E-state index contributed by atoms with van der Waals surface area (Å²) in [5.41, 5.74) is 0. The molecule has 0 bridgehead atoms. The Morgan fingerprint density at radius 1 is 1.16 bits per heavy atom. The average molecular weight is 315 g/mol. The Bertz CT molecular complexity index is 539. The number of rotatable bonds is 7. The molecule has 6 heteroatoms. The highest BCUT2D eigenvalue weighted by Gasteiger charge is 2.15. The van der Waals surface area contributed by atoms with Gasteiger partial charge in [0.1, 0.15) is 9.84 Å². The summed E-state index contributed by atoms with van der Waals surface area (Å²) in [5, 5.41) is 7.58. The molecule has 19 heavy (non-hydrogen) atoms. The monoisotopic (exact) mass is 315 g/mol. The van der Waals surface area contributed by atoms with Gasteiger partial charge in [0.25, 0.3) is 0 Å². The second-order valence-corrected chi connectivity index (χ2v) is 8.62. The van der Waals surface area contributed by atoms with Gasteiger partial charge in [-0.05, 0) is 35.9 Å². The van der Waals surface area contributed by atoms with Crippen molar-refractivity contribution in [3.63, 3.8) is 0 Å². The lowest BCUT2D eigenvalue weighted by atomic mass is 10.2. The molecule has 0 fully saturated rings. The Labute approximate surface area is 122 Å². The van der Waals surface area contributed by atoms with E-state index in [1.165, 1.54) is 16.0 Å². The van der Waals surface area contributed by atoms with Gasteiger partial charge in [-0.25, -0.2) is 8.42 Å². The van der Waals surface area contributed by atoms with Gasteiger partial charge < -0.3 is 5.32 Å². The SMILES string of the molecule is CS(=O)(=O)CCCNC(c1cccs1)c1cccs1. The molecule has 2 aromatic heterocycles. The van der Waals surface area contributed by atoms with E-state index in [9.17, 15) is 8.42 Å². The van der Waals surface area contributed by atoms with Gasteiger partial charge in [0.05, 0.1) is 11.8 Å². The maximum atomic E-state index is 11.1. The van der Waals surface area contributed by atoms with Crippen LogP contribution in [0.25, 0.3) is 0 Å². The van der Waals surface area contributed by atoms with Crippen LogP contribution < -0.4 is 5.32 Å². The molecule has 2 rings (SSSR count). The fourth-order valence-electron chi connectivity index (χ4n) is 1.83. The first-order valence-electron chi connectivity index (χ1n) is 6.04. The summed E-state index contributed by atoms with van der Waals surface area (Å²) >= 11 is 3.44. The molecule has 0 aliphatic heterocycles. The normalized spacial score (nSPS) is 12.1. The standard InChI is InChI=1S/C13H17NO2S3/c1-19(15,16)10-4-7-14-13(11-5-2-8-17-11)12-6-3-9-18-12/h2-3,5-6,8-9,13-14H,4,7,10H2,1H3. The Hall–Kier alpha value is -0.690. The molecule has 2 heterocycles. The van der Waals surface area contributed by atoms with Gasteiger partial charge >= 0.3 is 0 Å². The topological polar surface area (TPSA) is 46.2 Å². The van der Waals surface area contributed by atoms with E-state index in [1.807, 2.05) is 12.1 Å². The summed E-state index contributed by atoms with van der Waals surface area (Å²) in [6, 6.07) is 8.48. The lowest BCUT2D eigenvalue weighted by Gasteiger charge is -2.15. The zero-order chi connectivity index (χ0) is 13.7. The van der Waals surface area contributed by atoms with Gasteiger partial charge in [-0.1, -0.05) is 12.1 Å². The van der Waals surface area contributed by atoms with Crippen molar-refractivity contribution in [2.45, 2.75) is 12.5 Å².